The molecule has 2 aromatic rings. The van der Waals surface area contributed by atoms with Gasteiger partial charge in [-0.1, -0.05) is 6.92 Å². The number of guanidine groups is 1. The van der Waals surface area contributed by atoms with E-state index in [0.717, 1.165) is 36.1 Å². The van der Waals surface area contributed by atoms with Crippen LogP contribution in [0.2, 0.25) is 0 Å². The van der Waals surface area contributed by atoms with Gasteiger partial charge in [0.2, 0.25) is 5.89 Å². The maximum Gasteiger partial charge on any atom is 0.226 e. The van der Waals surface area contributed by atoms with E-state index in [1.807, 2.05) is 0 Å². The molecule has 1 aromatic carbocycles. The molecule has 0 bridgehead atoms. The summed E-state index contributed by atoms with van der Waals surface area (Å²) in [5.41, 5.74) is 1.62. The molecule has 1 aliphatic rings. The van der Waals surface area contributed by atoms with E-state index >= 15 is 0 Å². The Morgan fingerprint density at radius 2 is 2.13 bits per heavy atom. The molecule has 0 amide bonds. The van der Waals surface area contributed by atoms with Crippen LogP contribution < -0.4 is 10.6 Å². The molecule has 23 heavy (non-hydrogen) atoms. The van der Waals surface area contributed by atoms with Crippen LogP contribution in [0.5, 0.6) is 0 Å². The van der Waals surface area contributed by atoms with Gasteiger partial charge in [0.05, 0.1) is 5.69 Å². The van der Waals surface area contributed by atoms with Crippen LogP contribution in [0.3, 0.4) is 0 Å². The molecule has 3 rings (SSSR count). The highest BCUT2D eigenvalue weighted by atomic mass is 19.1. The molecule has 1 fully saturated rings. The van der Waals surface area contributed by atoms with Crippen molar-refractivity contribution in [2.24, 2.45) is 10.9 Å². The first kappa shape index (κ1) is 15.5. The second-order valence-electron chi connectivity index (χ2n) is 5.86. The van der Waals surface area contributed by atoms with Gasteiger partial charge in [-0.2, -0.15) is 0 Å². The van der Waals surface area contributed by atoms with Crippen molar-refractivity contribution in [1.82, 2.24) is 15.6 Å². The number of oxazole rings is 1. The predicted molar refractivity (Wildman–Crippen MR) is 87.7 cm³/mol. The van der Waals surface area contributed by atoms with Crippen molar-refractivity contribution in [3.63, 3.8) is 0 Å². The van der Waals surface area contributed by atoms with Gasteiger partial charge in [0, 0.05) is 31.6 Å². The molecule has 5 nitrogen and oxygen atoms in total. The van der Waals surface area contributed by atoms with E-state index in [0.29, 0.717) is 11.9 Å². The lowest BCUT2D eigenvalue weighted by Crippen LogP contribution is -2.39. The van der Waals surface area contributed by atoms with Gasteiger partial charge in [0.15, 0.2) is 5.96 Å². The molecular formula is C17H21FN4O. The smallest absolute Gasteiger partial charge is 0.226 e. The Balaban J connectivity index is 1.50. The maximum absolute atomic E-state index is 12.9. The van der Waals surface area contributed by atoms with Crippen molar-refractivity contribution in [3.8, 4) is 11.5 Å². The summed E-state index contributed by atoms with van der Waals surface area (Å²) in [6.45, 7) is 2.94. The van der Waals surface area contributed by atoms with Crippen LogP contribution in [-0.4, -0.2) is 30.6 Å². The molecule has 1 saturated carbocycles. The number of benzene rings is 1. The molecule has 122 valence electrons. The highest BCUT2D eigenvalue weighted by molar-refractivity contribution is 5.80. The summed E-state index contributed by atoms with van der Waals surface area (Å²) in [4.78, 5) is 8.64. The summed E-state index contributed by atoms with van der Waals surface area (Å²) < 4.78 is 18.4. The molecule has 6 heteroatoms. The summed E-state index contributed by atoms with van der Waals surface area (Å²) >= 11 is 0. The SMILES string of the molecule is CN=C(NCCc1coc(-c2ccc(F)cc2)n1)NC1CC1C. The second kappa shape index (κ2) is 6.81. The molecule has 2 atom stereocenters. The van der Waals surface area contributed by atoms with E-state index in [1.165, 1.54) is 18.6 Å². The summed E-state index contributed by atoms with van der Waals surface area (Å²) in [6.07, 6.45) is 3.57. The minimum atomic E-state index is -0.270. The van der Waals surface area contributed by atoms with Crippen LogP contribution in [0.25, 0.3) is 11.5 Å². The summed E-state index contributed by atoms with van der Waals surface area (Å²) in [7, 11) is 1.77. The normalized spacial score (nSPS) is 20.4. The number of nitrogens with zero attached hydrogens (tertiary/aromatic N) is 2. The fourth-order valence-electron chi connectivity index (χ4n) is 2.35. The van der Waals surface area contributed by atoms with Crippen molar-refractivity contribution in [2.75, 3.05) is 13.6 Å². The predicted octanol–water partition coefficient (Wildman–Crippen LogP) is 2.60. The average molecular weight is 316 g/mol. The Morgan fingerprint density at radius 1 is 1.39 bits per heavy atom. The van der Waals surface area contributed by atoms with Crippen LogP contribution in [0.15, 0.2) is 39.9 Å². The Kier molecular flexibility index (Phi) is 4.60. The third-order valence-electron chi connectivity index (χ3n) is 3.97. The van der Waals surface area contributed by atoms with Crippen molar-refractivity contribution in [2.45, 2.75) is 25.8 Å². The van der Waals surface area contributed by atoms with E-state index < -0.39 is 0 Å². The first-order valence-electron chi connectivity index (χ1n) is 7.83. The number of rotatable bonds is 5. The fraction of sp³-hybridized carbons (Fsp3) is 0.412. The van der Waals surface area contributed by atoms with Crippen molar-refractivity contribution >= 4 is 5.96 Å². The molecule has 0 saturated heterocycles. The van der Waals surface area contributed by atoms with Crippen LogP contribution in [0.1, 0.15) is 19.0 Å². The maximum atomic E-state index is 12.9. The first-order valence-corrected chi connectivity index (χ1v) is 7.83. The number of halogens is 1. The van der Waals surface area contributed by atoms with E-state index in [2.05, 4.69) is 27.5 Å². The van der Waals surface area contributed by atoms with Crippen molar-refractivity contribution < 1.29 is 8.81 Å². The zero-order valence-corrected chi connectivity index (χ0v) is 13.3. The van der Waals surface area contributed by atoms with Gasteiger partial charge in [-0.15, -0.1) is 0 Å². The van der Waals surface area contributed by atoms with Gasteiger partial charge < -0.3 is 15.1 Å². The zero-order valence-electron chi connectivity index (χ0n) is 13.3. The minimum absolute atomic E-state index is 0.270. The van der Waals surface area contributed by atoms with E-state index in [4.69, 9.17) is 4.42 Å². The summed E-state index contributed by atoms with van der Waals surface area (Å²) in [6, 6.07) is 6.65. The van der Waals surface area contributed by atoms with Crippen LogP contribution in [0.4, 0.5) is 4.39 Å². The highest BCUT2D eigenvalue weighted by Gasteiger charge is 2.33. The van der Waals surface area contributed by atoms with E-state index in [9.17, 15) is 4.39 Å². The van der Waals surface area contributed by atoms with Gasteiger partial charge in [0.1, 0.15) is 12.1 Å². The minimum Gasteiger partial charge on any atom is -0.444 e. The molecule has 0 radical (unpaired) electrons. The summed E-state index contributed by atoms with van der Waals surface area (Å²) in [5.74, 6) is 1.78. The number of nitrogens with one attached hydrogen (secondary N) is 2. The van der Waals surface area contributed by atoms with Crippen LogP contribution in [0, 0.1) is 11.7 Å². The first-order chi connectivity index (χ1) is 11.2. The third kappa shape index (κ3) is 4.09. The second-order valence-corrected chi connectivity index (χ2v) is 5.86. The molecule has 0 aliphatic heterocycles. The van der Waals surface area contributed by atoms with Gasteiger partial charge >= 0.3 is 0 Å². The van der Waals surface area contributed by atoms with Crippen LogP contribution in [-0.2, 0) is 6.42 Å². The topological polar surface area (TPSA) is 62.5 Å². The molecule has 0 spiro atoms. The highest BCUT2D eigenvalue weighted by Crippen LogP contribution is 2.28. The third-order valence-corrected chi connectivity index (χ3v) is 3.97. The van der Waals surface area contributed by atoms with Crippen molar-refractivity contribution in [3.05, 3.63) is 42.0 Å². The molecule has 1 aromatic heterocycles. The van der Waals surface area contributed by atoms with E-state index in [-0.39, 0.29) is 5.82 Å². The summed E-state index contributed by atoms with van der Waals surface area (Å²) in [5, 5.41) is 6.65. The number of hydrogen-bond donors (Lipinski definition) is 2. The molecular weight excluding hydrogens is 295 g/mol. The Bertz CT molecular complexity index is 680. The van der Waals surface area contributed by atoms with Gasteiger partial charge in [-0.05, 0) is 36.6 Å². The Labute approximate surface area is 135 Å². The Hall–Kier alpha value is -2.37. The lowest BCUT2D eigenvalue weighted by Gasteiger charge is -2.10. The number of aliphatic imine (C=N–C) groups is 1. The lowest BCUT2D eigenvalue weighted by molar-refractivity contribution is 0.571. The van der Waals surface area contributed by atoms with Gasteiger partial charge in [-0.3, -0.25) is 4.99 Å². The zero-order chi connectivity index (χ0) is 16.2. The Morgan fingerprint density at radius 3 is 2.78 bits per heavy atom. The lowest BCUT2D eigenvalue weighted by atomic mass is 10.2. The largest absolute Gasteiger partial charge is 0.444 e. The molecule has 1 aliphatic carbocycles. The van der Waals surface area contributed by atoms with Crippen molar-refractivity contribution in [1.29, 1.82) is 0 Å². The standard InChI is InChI=1S/C17H21FN4O/c1-11-9-15(11)22-17(19-2)20-8-7-14-10-23-16(21-14)12-3-5-13(18)6-4-12/h3-6,10-11,15H,7-9H2,1-2H3,(H2,19,20,22). The number of hydrogen-bond acceptors (Lipinski definition) is 3. The fourth-order valence-corrected chi connectivity index (χ4v) is 2.35. The average Bonchev–Trinajstić information content (AvgIpc) is 3.05. The molecule has 2 N–H and O–H groups in total. The number of aromatic nitrogens is 1. The van der Waals surface area contributed by atoms with E-state index in [1.54, 1.807) is 25.4 Å². The van der Waals surface area contributed by atoms with Gasteiger partial charge in [-0.25, -0.2) is 9.37 Å². The van der Waals surface area contributed by atoms with Gasteiger partial charge in [0.25, 0.3) is 0 Å². The quantitative estimate of drug-likeness (QED) is 0.657. The monoisotopic (exact) mass is 316 g/mol. The molecule has 1 heterocycles. The van der Waals surface area contributed by atoms with Crippen LogP contribution >= 0.6 is 0 Å². The molecule has 2 unspecified atom stereocenters.